The molecule has 0 radical (unpaired) electrons. The van der Waals surface area contributed by atoms with Crippen molar-refractivity contribution in [3.05, 3.63) is 59.7 Å². The molecule has 6 nitrogen and oxygen atoms in total. The van der Waals surface area contributed by atoms with Gasteiger partial charge in [0.15, 0.2) is 11.5 Å². The fraction of sp³-hybridized carbons (Fsp3) is 0.478. The van der Waals surface area contributed by atoms with E-state index in [4.69, 9.17) is 14.2 Å². The van der Waals surface area contributed by atoms with E-state index in [1.54, 1.807) is 14.2 Å². The van der Waals surface area contributed by atoms with Crippen molar-refractivity contribution >= 4 is 0 Å². The molecule has 158 valence electrons. The largest absolute Gasteiger partial charge is 0.493 e. The minimum atomic E-state index is -0.537. The van der Waals surface area contributed by atoms with Crippen molar-refractivity contribution in [1.82, 2.24) is 9.80 Å². The van der Waals surface area contributed by atoms with E-state index >= 15 is 0 Å². The Hall–Kier alpha value is -2.12. The van der Waals surface area contributed by atoms with Gasteiger partial charge in [-0.1, -0.05) is 36.4 Å². The molecule has 3 rings (SSSR count). The number of aliphatic hydroxyl groups is 1. The zero-order valence-corrected chi connectivity index (χ0v) is 17.6. The summed E-state index contributed by atoms with van der Waals surface area (Å²) in [6.07, 6.45) is -0.537. The lowest BCUT2D eigenvalue weighted by molar-refractivity contribution is -0.0116. The lowest BCUT2D eigenvalue weighted by atomic mass is 10.0. The van der Waals surface area contributed by atoms with Gasteiger partial charge in [0.2, 0.25) is 0 Å². The third-order valence-corrected chi connectivity index (χ3v) is 5.35. The van der Waals surface area contributed by atoms with Crippen LogP contribution >= 0.6 is 0 Å². The third kappa shape index (κ3) is 5.93. The van der Waals surface area contributed by atoms with E-state index in [0.29, 0.717) is 31.3 Å². The summed E-state index contributed by atoms with van der Waals surface area (Å²) in [5.41, 5.74) is 2.27. The summed E-state index contributed by atoms with van der Waals surface area (Å²) in [6, 6.07) is 16.5. The molecule has 29 heavy (non-hydrogen) atoms. The van der Waals surface area contributed by atoms with Gasteiger partial charge in [0.25, 0.3) is 0 Å². The highest BCUT2D eigenvalue weighted by atomic mass is 16.5. The molecular formula is C23H32N2O4. The fourth-order valence-electron chi connectivity index (χ4n) is 3.77. The number of nitrogens with zero attached hydrogens (tertiary/aromatic N) is 2. The molecule has 1 aliphatic heterocycles. The van der Waals surface area contributed by atoms with E-state index in [1.807, 2.05) is 24.3 Å². The van der Waals surface area contributed by atoms with Crippen LogP contribution in [-0.4, -0.2) is 75.1 Å². The van der Waals surface area contributed by atoms with Gasteiger partial charge in [0.05, 0.1) is 33.5 Å². The number of ether oxygens (including phenoxy) is 3. The Balaban J connectivity index is 1.52. The summed E-state index contributed by atoms with van der Waals surface area (Å²) in [6.45, 7) is 4.21. The number of hydrogen-bond acceptors (Lipinski definition) is 6. The second-order valence-corrected chi connectivity index (χ2v) is 7.54. The quantitative estimate of drug-likeness (QED) is 0.698. The van der Waals surface area contributed by atoms with Crippen molar-refractivity contribution in [2.24, 2.45) is 0 Å². The molecule has 0 aliphatic carbocycles. The Bertz CT molecular complexity index is 756. The van der Waals surface area contributed by atoms with Crippen LogP contribution in [0.25, 0.3) is 0 Å². The van der Waals surface area contributed by atoms with Crippen LogP contribution in [0.15, 0.2) is 48.5 Å². The van der Waals surface area contributed by atoms with Crippen LogP contribution in [0, 0.1) is 0 Å². The van der Waals surface area contributed by atoms with Crippen molar-refractivity contribution in [2.75, 3.05) is 54.1 Å². The van der Waals surface area contributed by atoms with Gasteiger partial charge >= 0.3 is 0 Å². The second kappa shape index (κ2) is 10.6. The van der Waals surface area contributed by atoms with Crippen LogP contribution in [0.5, 0.6) is 11.5 Å². The van der Waals surface area contributed by atoms with E-state index in [9.17, 15) is 5.11 Å². The molecule has 1 saturated heterocycles. The molecule has 0 amide bonds. The van der Waals surface area contributed by atoms with E-state index in [1.165, 1.54) is 5.56 Å². The molecular weight excluding hydrogens is 368 g/mol. The number of β-amino-alcohol motifs (C(OH)–C–C–N with tert-alkyl or cyclic N) is 1. The van der Waals surface area contributed by atoms with Gasteiger partial charge in [-0.15, -0.1) is 0 Å². The normalized spacial score (nSPS) is 19.1. The third-order valence-electron chi connectivity index (χ3n) is 5.35. The Morgan fingerprint density at radius 3 is 2.52 bits per heavy atom. The van der Waals surface area contributed by atoms with E-state index in [-0.39, 0.29) is 6.04 Å². The highest BCUT2D eigenvalue weighted by molar-refractivity contribution is 5.42. The number of rotatable bonds is 9. The number of hydrogen-bond donors (Lipinski definition) is 1. The summed E-state index contributed by atoms with van der Waals surface area (Å²) < 4.78 is 16.4. The number of benzene rings is 2. The van der Waals surface area contributed by atoms with Gasteiger partial charge in [-0.2, -0.15) is 0 Å². The molecule has 1 fully saturated rings. The molecule has 1 N–H and O–H groups in total. The molecule has 6 heteroatoms. The van der Waals surface area contributed by atoms with Crippen molar-refractivity contribution in [2.45, 2.75) is 18.8 Å². The van der Waals surface area contributed by atoms with E-state index in [2.05, 4.69) is 41.1 Å². The molecule has 2 aromatic rings. The highest BCUT2D eigenvalue weighted by Gasteiger charge is 2.28. The Kier molecular flexibility index (Phi) is 7.89. The summed E-state index contributed by atoms with van der Waals surface area (Å²) in [4.78, 5) is 4.70. The fourth-order valence-corrected chi connectivity index (χ4v) is 3.77. The molecule has 0 aromatic heterocycles. The van der Waals surface area contributed by atoms with Gasteiger partial charge in [-0.25, -0.2) is 0 Å². The average Bonchev–Trinajstić information content (AvgIpc) is 2.75. The minimum Gasteiger partial charge on any atom is -0.493 e. The predicted molar refractivity (Wildman–Crippen MR) is 113 cm³/mol. The predicted octanol–water partition coefficient (Wildman–Crippen LogP) is 2.57. The summed E-state index contributed by atoms with van der Waals surface area (Å²) >= 11 is 0. The Morgan fingerprint density at radius 1 is 1.03 bits per heavy atom. The Labute approximate surface area is 173 Å². The van der Waals surface area contributed by atoms with Gasteiger partial charge in [0.1, 0.15) is 0 Å². The zero-order valence-electron chi connectivity index (χ0n) is 17.6. The second-order valence-electron chi connectivity index (χ2n) is 7.54. The van der Waals surface area contributed by atoms with Crippen LogP contribution in [-0.2, 0) is 11.3 Å². The smallest absolute Gasteiger partial charge is 0.161 e. The number of aliphatic hydroxyl groups excluding tert-OH is 1. The van der Waals surface area contributed by atoms with Crippen molar-refractivity contribution in [1.29, 1.82) is 0 Å². The van der Waals surface area contributed by atoms with Crippen LogP contribution in [0.2, 0.25) is 0 Å². The molecule has 2 unspecified atom stereocenters. The number of methoxy groups -OCH3 is 2. The Morgan fingerprint density at radius 2 is 1.79 bits per heavy atom. The maximum absolute atomic E-state index is 10.6. The van der Waals surface area contributed by atoms with Crippen LogP contribution in [0.1, 0.15) is 17.2 Å². The maximum Gasteiger partial charge on any atom is 0.161 e. The first kappa shape index (κ1) is 21.6. The number of likely N-dealkylation sites (N-methyl/N-ethyl adjacent to an activating group) is 1. The van der Waals surface area contributed by atoms with Crippen LogP contribution in [0.4, 0.5) is 0 Å². The first-order chi connectivity index (χ1) is 14.1. The van der Waals surface area contributed by atoms with Gasteiger partial charge in [-0.05, 0) is 30.3 Å². The van der Waals surface area contributed by atoms with Crippen LogP contribution < -0.4 is 9.47 Å². The average molecular weight is 401 g/mol. The molecule has 0 saturated carbocycles. The minimum absolute atomic E-state index is 0.287. The molecule has 2 atom stereocenters. The summed E-state index contributed by atoms with van der Waals surface area (Å²) in [5, 5.41) is 10.6. The molecule has 2 aromatic carbocycles. The SMILES string of the molecule is COc1ccc(COCC(O)CN2CCN(C)CC2c2ccccc2)cc1OC. The van der Waals surface area contributed by atoms with E-state index in [0.717, 1.165) is 25.2 Å². The summed E-state index contributed by atoms with van der Waals surface area (Å²) in [7, 11) is 5.38. The molecule has 0 spiro atoms. The van der Waals surface area contributed by atoms with Gasteiger partial charge in [-0.3, -0.25) is 4.90 Å². The maximum atomic E-state index is 10.6. The topological polar surface area (TPSA) is 54.4 Å². The lowest BCUT2D eigenvalue weighted by Crippen LogP contribution is -2.49. The van der Waals surface area contributed by atoms with E-state index < -0.39 is 6.10 Å². The van der Waals surface area contributed by atoms with Crippen molar-refractivity contribution < 1.29 is 19.3 Å². The highest BCUT2D eigenvalue weighted by Crippen LogP contribution is 2.28. The zero-order chi connectivity index (χ0) is 20.6. The molecule has 1 aliphatic rings. The standard InChI is InChI=1S/C23H32N2O4/c1-24-11-12-25(21(15-24)19-7-5-4-6-8-19)14-20(26)17-29-16-18-9-10-22(27-2)23(13-18)28-3/h4-10,13,20-21,26H,11-12,14-17H2,1-3H3. The lowest BCUT2D eigenvalue weighted by Gasteiger charge is -2.41. The molecule has 0 bridgehead atoms. The monoisotopic (exact) mass is 400 g/mol. The first-order valence-electron chi connectivity index (χ1n) is 10.0. The number of piperazine rings is 1. The van der Waals surface area contributed by atoms with Crippen LogP contribution in [0.3, 0.4) is 0 Å². The molecule has 1 heterocycles. The van der Waals surface area contributed by atoms with Crippen molar-refractivity contribution in [3.8, 4) is 11.5 Å². The van der Waals surface area contributed by atoms with Gasteiger partial charge < -0.3 is 24.2 Å². The summed E-state index contributed by atoms with van der Waals surface area (Å²) in [5.74, 6) is 1.37. The van der Waals surface area contributed by atoms with Gasteiger partial charge in [0, 0.05) is 32.2 Å². The van der Waals surface area contributed by atoms with Crippen molar-refractivity contribution in [3.63, 3.8) is 0 Å². The first-order valence-corrected chi connectivity index (χ1v) is 10.0.